The lowest BCUT2D eigenvalue weighted by Gasteiger charge is -2.29. The number of fused-ring (bicyclic) bond motifs is 1. The van der Waals surface area contributed by atoms with E-state index in [4.69, 9.17) is 21.1 Å². The standard InChI is InChI=1S/C17H21ClO4/c1-9(2)15-16(11(7-14(19)20)10-3-4-10)12(18)8-13-17(15)22-6-5-21-13/h8-11H,3-7H2,1-2H3,(H,19,20). The van der Waals surface area contributed by atoms with Gasteiger partial charge in [0.25, 0.3) is 0 Å². The van der Waals surface area contributed by atoms with Crippen molar-refractivity contribution < 1.29 is 19.4 Å². The smallest absolute Gasteiger partial charge is 0.303 e. The van der Waals surface area contributed by atoms with E-state index in [9.17, 15) is 9.90 Å². The van der Waals surface area contributed by atoms with Crippen LogP contribution in [0.25, 0.3) is 0 Å². The van der Waals surface area contributed by atoms with Crippen molar-refractivity contribution in [1.29, 1.82) is 0 Å². The van der Waals surface area contributed by atoms with Crippen LogP contribution in [-0.2, 0) is 4.79 Å². The topological polar surface area (TPSA) is 55.8 Å². The van der Waals surface area contributed by atoms with Crippen LogP contribution in [0.1, 0.15) is 56.1 Å². The van der Waals surface area contributed by atoms with E-state index >= 15 is 0 Å². The van der Waals surface area contributed by atoms with Crippen LogP contribution in [0.5, 0.6) is 11.5 Å². The van der Waals surface area contributed by atoms with E-state index in [0.29, 0.717) is 29.9 Å². The Bertz CT molecular complexity index is 593. The van der Waals surface area contributed by atoms with Gasteiger partial charge in [-0.2, -0.15) is 0 Å². The van der Waals surface area contributed by atoms with Crippen LogP contribution < -0.4 is 9.47 Å². The summed E-state index contributed by atoms with van der Waals surface area (Å²) in [5.74, 6) is 1.20. The molecule has 0 amide bonds. The Kier molecular flexibility index (Phi) is 4.22. The van der Waals surface area contributed by atoms with Crippen LogP contribution in [0.3, 0.4) is 0 Å². The molecule has 22 heavy (non-hydrogen) atoms. The van der Waals surface area contributed by atoms with E-state index < -0.39 is 5.97 Å². The van der Waals surface area contributed by atoms with Crippen molar-refractivity contribution in [2.75, 3.05) is 13.2 Å². The minimum Gasteiger partial charge on any atom is -0.486 e. The lowest BCUT2D eigenvalue weighted by atomic mass is 9.83. The number of carboxylic acids is 1. The van der Waals surface area contributed by atoms with Crippen molar-refractivity contribution in [1.82, 2.24) is 0 Å². The van der Waals surface area contributed by atoms with Crippen molar-refractivity contribution in [2.24, 2.45) is 5.92 Å². The van der Waals surface area contributed by atoms with Gasteiger partial charge in [-0.05, 0) is 36.2 Å². The highest BCUT2D eigenvalue weighted by atomic mass is 35.5. The lowest BCUT2D eigenvalue weighted by molar-refractivity contribution is -0.137. The molecule has 1 saturated carbocycles. The zero-order valence-corrected chi connectivity index (χ0v) is 13.7. The zero-order valence-electron chi connectivity index (χ0n) is 12.9. The van der Waals surface area contributed by atoms with Gasteiger partial charge < -0.3 is 14.6 Å². The molecule has 1 N–H and O–H groups in total. The fraction of sp³-hybridized carbons (Fsp3) is 0.588. The van der Waals surface area contributed by atoms with Crippen molar-refractivity contribution in [3.63, 3.8) is 0 Å². The third kappa shape index (κ3) is 2.89. The molecule has 1 atom stereocenters. The van der Waals surface area contributed by atoms with E-state index in [1.165, 1.54) is 0 Å². The second-order valence-corrected chi connectivity index (χ2v) is 6.81. The molecule has 0 radical (unpaired) electrons. The number of aliphatic carboxylic acids is 1. The van der Waals surface area contributed by atoms with Crippen molar-refractivity contribution in [3.05, 3.63) is 22.2 Å². The molecule has 1 aliphatic carbocycles. The first-order chi connectivity index (χ1) is 10.5. The Balaban J connectivity index is 2.14. The Hall–Kier alpha value is -1.42. The third-order valence-corrected chi connectivity index (χ3v) is 4.71. The monoisotopic (exact) mass is 324 g/mol. The van der Waals surface area contributed by atoms with Gasteiger partial charge in [0, 0.05) is 16.7 Å². The van der Waals surface area contributed by atoms with Crippen LogP contribution in [0.2, 0.25) is 5.02 Å². The largest absolute Gasteiger partial charge is 0.486 e. The van der Waals surface area contributed by atoms with Crippen molar-refractivity contribution in [2.45, 2.75) is 44.9 Å². The van der Waals surface area contributed by atoms with Gasteiger partial charge in [0.2, 0.25) is 0 Å². The SMILES string of the molecule is CC(C)c1c2c(cc(Cl)c1C(CC(=O)O)C1CC1)OCCO2. The summed E-state index contributed by atoms with van der Waals surface area (Å²) in [6, 6.07) is 1.79. The average Bonchev–Trinajstić information content (AvgIpc) is 3.27. The third-order valence-electron chi connectivity index (χ3n) is 4.39. The maximum Gasteiger partial charge on any atom is 0.303 e. The first kappa shape index (κ1) is 15.5. The highest BCUT2D eigenvalue weighted by Gasteiger charge is 2.38. The number of benzene rings is 1. The van der Waals surface area contributed by atoms with Crippen LogP contribution >= 0.6 is 11.6 Å². The molecule has 120 valence electrons. The summed E-state index contributed by atoms with van der Waals surface area (Å²) in [7, 11) is 0. The van der Waals surface area contributed by atoms with Crippen LogP contribution in [0.4, 0.5) is 0 Å². The lowest BCUT2D eigenvalue weighted by Crippen LogP contribution is -2.20. The van der Waals surface area contributed by atoms with E-state index in [1.807, 2.05) is 0 Å². The highest BCUT2D eigenvalue weighted by molar-refractivity contribution is 6.31. The molecule has 1 aliphatic heterocycles. The van der Waals surface area contributed by atoms with Gasteiger partial charge in [-0.15, -0.1) is 0 Å². The van der Waals surface area contributed by atoms with E-state index in [0.717, 1.165) is 29.7 Å². The molecule has 0 spiro atoms. The van der Waals surface area contributed by atoms with E-state index in [-0.39, 0.29) is 18.3 Å². The quantitative estimate of drug-likeness (QED) is 0.881. The number of ether oxygens (including phenoxy) is 2. The zero-order chi connectivity index (χ0) is 15.9. The van der Waals surface area contributed by atoms with Gasteiger partial charge in [-0.1, -0.05) is 25.4 Å². The maximum atomic E-state index is 11.3. The molecule has 1 aromatic rings. The summed E-state index contributed by atoms with van der Waals surface area (Å²) in [5.41, 5.74) is 1.96. The Morgan fingerprint density at radius 2 is 2.00 bits per heavy atom. The fourth-order valence-corrected chi connectivity index (χ4v) is 3.68. The molecule has 5 heteroatoms. The fourth-order valence-electron chi connectivity index (χ4n) is 3.33. The first-order valence-corrected chi connectivity index (χ1v) is 8.20. The Labute approximate surface area is 135 Å². The Morgan fingerprint density at radius 1 is 1.32 bits per heavy atom. The summed E-state index contributed by atoms with van der Waals surface area (Å²) in [6.07, 6.45) is 2.25. The summed E-state index contributed by atoms with van der Waals surface area (Å²) in [6.45, 7) is 5.19. The average molecular weight is 325 g/mol. The number of carbonyl (C=O) groups is 1. The van der Waals surface area contributed by atoms with Crippen molar-refractivity contribution >= 4 is 17.6 Å². The van der Waals surface area contributed by atoms with Gasteiger partial charge in [0.1, 0.15) is 13.2 Å². The summed E-state index contributed by atoms with van der Waals surface area (Å²) < 4.78 is 11.5. The summed E-state index contributed by atoms with van der Waals surface area (Å²) in [4.78, 5) is 11.3. The van der Waals surface area contributed by atoms with Gasteiger partial charge in [-0.25, -0.2) is 0 Å². The second kappa shape index (κ2) is 5.99. The van der Waals surface area contributed by atoms with Crippen LogP contribution in [-0.4, -0.2) is 24.3 Å². The van der Waals surface area contributed by atoms with Crippen LogP contribution in [0, 0.1) is 5.92 Å². The number of halogens is 1. The molecule has 0 bridgehead atoms. The number of rotatable bonds is 5. The predicted octanol–water partition coefficient (Wildman–Crippen LogP) is 4.20. The van der Waals surface area contributed by atoms with Gasteiger partial charge >= 0.3 is 5.97 Å². The molecule has 3 rings (SSSR count). The highest BCUT2D eigenvalue weighted by Crippen LogP contribution is 2.52. The molecule has 1 aromatic carbocycles. The minimum absolute atomic E-state index is 0.0433. The molecular weight excluding hydrogens is 304 g/mol. The molecule has 0 saturated heterocycles. The minimum atomic E-state index is -0.780. The number of carboxylic acid groups (broad SMARTS) is 1. The van der Waals surface area contributed by atoms with E-state index in [2.05, 4.69) is 13.8 Å². The molecule has 1 unspecified atom stereocenters. The molecular formula is C17H21ClO4. The number of hydrogen-bond acceptors (Lipinski definition) is 3. The molecule has 1 fully saturated rings. The van der Waals surface area contributed by atoms with Gasteiger partial charge in [0.15, 0.2) is 11.5 Å². The van der Waals surface area contributed by atoms with Crippen LogP contribution in [0.15, 0.2) is 6.07 Å². The summed E-state index contributed by atoms with van der Waals surface area (Å²) >= 11 is 6.53. The summed E-state index contributed by atoms with van der Waals surface area (Å²) in [5, 5.41) is 9.88. The Morgan fingerprint density at radius 3 is 2.59 bits per heavy atom. The van der Waals surface area contributed by atoms with Gasteiger partial charge in [0.05, 0.1) is 6.42 Å². The maximum absolute atomic E-state index is 11.3. The first-order valence-electron chi connectivity index (χ1n) is 7.82. The van der Waals surface area contributed by atoms with Gasteiger partial charge in [-0.3, -0.25) is 4.79 Å². The van der Waals surface area contributed by atoms with E-state index in [1.54, 1.807) is 6.07 Å². The predicted molar refractivity (Wildman–Crippen MR) is 84.2 cm³/mol. The normalized spacial score (nSPS) is 18.4. The molecule has 4 nitrogen and oxygen atoms in total. The van der Waals surface area contributed by atoms with Crippen molar-refractivity contribution in [3.8, 4) is 11.5 Å². The molecule has 1 heterocycles. The molecule has 0 aromatic heterocycles. The number of hydrogen-bond donors (Lipinski definition) is 1. The molecule has 2 aliphatic rings. The second-order valence-electron chi connectivity index (χ2n) is 6.41.